The van der Waals surface area contributed by atoms with Gasteiger partial charge in [0, 0.05) is 0 Å². The van der Waals surface area contributed by atoms with Crippen molar-refractivity contribution in [1.82, 2.24) is 0 Å². The van der Waals surface area contributed by atoms with Crippen LogP contribution in [0.15, 0.2) is 23.8 Å². The minimum atomic E-state index is -4.39. The molecule has 0 saturated carbocycles. The molecule has 0 aromatic carbocycles. The summed E-state index contributed by atoms with van der Waals surface area (Å²) < 4.78 is 37.1. The Kier molecular flexibility index (Phi) is 2.28. The van der Waals surface area contributed by atoms with Crippen molar-refractivity contribution < 1.29 is 18.3 Å². The summed E-state index contributed by atoms with van der Waals surface area (Å²) in [5.41, 5.74) is -1.30. The highest BCUT2D eigenvalue weighted by Gasteiger charge is 2.48. The van der Waals surface area contributed by atoms with Crippen LogP contribution in [0.25, 0.3) is 0 Å². The normalized spacial score (nSPS) is 34.6. The molecule has 0 radical (unpaired) electrons. The number of halogens is 3. The summed E-state index contributed by atoms with van der Waals surface area (Å²) in [7, 11) is 0. The molecule has 13 heavy (non-hydrogen) atoms. The Labute approximate surface area is 74.6 Å². The van der Waals surface area contributed by atoms with Gasteiger partial charge in [0.1, 0.15) is 5.92 Å². The Balaban J connectivity index is 3.02. The van der Waals surface area contributed by atoms with Gasteiger partial charge in [0.2, 0.25) is 0 Å². The molecule has 0 bridgehead atoms. The maximum atomic E-state index is 12.4. The molecule has 74 valence electrons. The second kappa shape index (κ2) is 2.87. The molecular formula is C9H11F3O. The minimum Gasteiger partial charge on any atom is -0.385 e. The predicted molar refractivity (Wildman–Crippen MR) is 43.1 cm³/mol. The molecule has 1 aliphatic rings. The van der Waals surface area contributed by atoms with Gasteiger partial charge < -0.3 is 5.11 Å². The van der Waals surface area contributed by atoms with E-state index in [0.29, 0.717) is 5.57 Å². The van der Waals surface area contributed by atoms with Crippen molar-refractivity contribution >= 4 is 0 Å². The summed E-state index contributed by atoms with van der Waals surface area (Å²) in [5.74, 6) is -1.80. The van der Waals surface area contributed by atoms with E-state index in [-0.39, 0.29) is 0 Å². The second-order valence-corrected chi connectivity index (χ2v) is 3.49. The average Bonchev–Trinajstić information content (AvgIpc) is 1.92. The number of rotatable bonds is 0. The third kappa shape index (κ3) is 2.12. The summed E-state index contributed by atoms with van der Waals surface area (Å²) in [4.78, 5) is 0. The zero-order valence-corrected chi connectivity index (χ0v) is 7.39. The molecule has 0 aromatic heterocycles. The fraction of sp³-hybridized carbons (Fsp3) is 0.556. The topological polar surface area (TPSA) is 20.2 Å². The molecule has 0 aliphatic heterocycles. The van der Waals surface area contributed by atoms with Crippen molar-refractivity contribution in [2.45, 2.75) is 25.6 Å². The SMILES string of the molecule is CC1=CC(C(F)(F)F)C(C)(O)C=C1. The van der Waals surface area contributed by atoms with E-state index in [1.807, 2.05) is 0 Å². The summed E-state index contributed by atoms with van der Waals surface area (Å²) in [6, 6.07) is 0. The van der Waals surface area contributed by atoms with Gasteiger partial charge in [0.25, 0.3) is 0 Å². The molecule has 1 rings (SSSR count). The number of hydrogen-bond donors (Lipinski definition) is 1. The van der Waals surface area contributed by atoms with Crippen LogP contribution in [0.3, 0.4) is 0 Å². The van der Waals surface area contributed by atoms with Crippen LogP contribution in [0, 0.1) is 5.92 Å². The van der Waals surface area contributed by atoms with Crippen molar-refractivity contribution in [2.24, 2.45) is 5.92 Å². The molecular weight excluding hydrogens is 181 g/mol. The quantitative estimate of drug-likeness (QED) is 0.625. The Bertz CT molecular complexity index is 261. The molecule has 0 spiro atoms. The van der Waals surface area contributed by atoms with Crippen molar-refractivity contribution in [2.75, 3.05) is 0 Å². The molecule has 0 aromatic rings. The Morgan fingerprint density at radius 3 is 2.38 bits per heavy atom. The summed E-state index contributed by atoms with van der Waals surface area (Å²) >= 11 is 0. The van der Waals surface area contributed by atoms with Crippen LogP contribution in [0.4, 0.5) is 13.2 Å². The van der Waals surface area contributed by atoms with Crippen LogP contribution >= 0.6 is 0 Å². The zero-order valence-electron chi connectivity index (χ0n) is 7.39. The molecule has 0 heterocycles. The Morgan fingerprint density at radius 2 is 2.00 bits per heavy atom. The van der Waals surface area contributed by atoms with Gasteiger partial charge in [0.05, 0.1) is 5.60 Å². The fourth-order valence-electron chi connectivity index (χ4n) is 1.32. The zero-order chi connectivity index (χ0) is 10.3. The molecule has 0 amide bonds. The third-order valence-electron chi connectivity index (χ3n) is 2.10. The maximum Gasteiger partial charge on any atom is 0.398 e. The third-order valence-corrected chi connectivity index (χ3v) is 2.10. The van der Waals surface area contributed by atoms with Crippen molar-refractivity contribution in [1.29, 1.82) is 0 Å². The van der Waals surface area contributed by atoms with E-state index in [1.165, 1.54) is 12.2 Å². The van der Waals surface area contributed by atoms with E-state index in [9.17, 15) is 18.3 Å². The van der Waals surface area contributed by atoms with Crippen molar-refractivity contribution in [3.05, 3.63) is 23.8 Å². The standard InChI is InChI=1S/C9H11F3O/c1-6-3-4-8(2,13)7(5-6)9(10,11)12/h3-5,7,13H,1-2H3. The average molecular weight is 192 g/mol. The largest absolute Gasteiger partial charge is 0.398 e. The lowest BCUT2D eigenvalue weighted by molar-refractivity contribution is -0.197. The summed E-state index contributed by atoms with van der Waals surface area (Å²) in [6.45, 7) is 2.73. The first-order chi connectivity index (χ1) is 5.73. The minimum absolute atomic E-state index is 0.522. The number of aliphatic hydroxyl groups is 1. The highest BCUT2D eigenvalue weighted by Crippen LogP contribution is 2.39. The van der Waals surface area contributed by atoms with Crippen LogP contribution in [-0.2, 0) is 0 Å². The van der Waals surface area contributed by atoms with Gasteiger partial charge in [-0.05, 0) is 13.8 Å². The first-order valence-electron chi connectivity index (χ1n) is 3.90. The van der Waals surface area contributed by atoms with Crippen LogP contribution < -0.4 is 0 Å². The Hall–Kier alpha value is -0.770. The number of allylic oxidation sites excluding steroid dienone is 2. The lowest BCUT2D eigenvalue weighted by Crippen LogP contribution is -2.42. The van der Waals surface area contributed by atoms with Crippen LogP contribution in [0.5, 0.6) is 0 Å². The summed E-state index contributed by atoms with van der Waals surface area (Å²) in [6.07, 6.45) is -0.682. The van der Waals surface area contributed by atoms with Crippen LogP contribution in [-0.4, -0.2) is 16.9 Å². The highest BCUT2D eigenvalue weighted by atomic mass is 19.4. The lowest BCUT2D eigenvalue weighted by atomic mass is 9.83. The van der Waals surface area contributed by atoms with E-state index in [4.69, 9.17) is 0 Å². The van der Waals surface area contributed by atoms with Gasteiger partial charge in [0.15, 0.2) is 0 Å². The molecule has 1 nitrogen and oxygen atoms in total. The van der Waals surface area contributed by atoms with Gasteiger partial charge >= 0.3 is 6.18 Å². The van der Waals surface area contributed by atoms with Crippen molar-refractivity contribution in [3.8, 4) is 0 Å². The van der Waals surface area contributed by atoms with Crippen LogP contribution in [0.1, 0.15) is 13.8 Å². The molecule has 2 unspecified atom stereocenters. The van der Waals surface area contributed by atoms with E-state index in [2.05, 4.69) is 0 Å². The van der Waals surface area contributed by atoms with Gasteiger partial charge in [-0.2, -0.15) is 13.2 Å². The number of hydrogen-bond acceptors (Lipinski definition) is 1. The molecule has 2 atom stereocenters. The number of alkyl halides is 3. The van der Waals surface area contributed by atoms with E-state index in [0.717, 1.165) is 13.0 Å². The first-order valence-corrected chi connectivity index (χ1v) is 3.90. The molecule has 4 heteroatoms. The van der Waals surface area contributed by atoms with Crippen molar-refractivity contribution in [3.63, 3.8) is 0 Å². The Morgan fingerprint density at radius 1 is 1.46 bits per heavy atom. The van der Waals surface area contributed by atoms with Gasteiger partial charge in [-0.3, -0.25) is 0 Å². The molecule has 0 saturated heterocycles. The van der Waals surface area contributed by atoms with E-state index >= 15 is 0 Å². The lowest BCUT2D eigenvalue weighted by Gasteiger charge is -2.32. The predicted octanol–water partition coefficient (Wildman–Crippen LogP) is 2.43. The monoisotopic (exact) mass is 192 g/mol. The second-order valence-electron chi connectivity index (χ2n) is 3.49. The maximum absolute atomic E-state index is 12.4. The fourth-order valence-corrected chi connectivity index (χ4v) is 1.32. The molecule has 1 N–H and O–H groups in total. The van der Waals surface area contributed by atoms with E-state index in [1.54, 1.807) is 6.92 Å². The molecule has 0 fully saturated rings. The molecule has 1 aliphatic carbocycles. The van der Waals surface area contributed by atoms with Gasteiger partial charge in [-0.1, -0.05) is 23.8 Å². The van der Waals surface area contributed by atoms with Gasteiger partial charge in [-0.15, -0.1) is 0 Å². The summed E-state index contributed by atoms with van der Waals surface area (Å²) in [5, 5.41) is 9.44. The first kappa shape index (κ1) is 10.3. The van der Waals surface area contributed by atoms with Gasteiger partial charge in [-0.25, -0.2) is 0 Å². The smallest absolute Gasteiger partial charge is 0.385 e. The van der Waals surface area contributed by atoms with E-state index < -0.39 is 17.7 Å². The van der Waals surface area contributed by atoms with Crippen LogP contribution in [0.2, 0.25) is 0 Å². The highest BCUT2D eigenvalue weighted by molar-refractivity contribution is 5.28.